The van der Waals surface area contributed by atoms with Crippen LogP contribution in [-0.2, 0) is 21.2 Å². The standard InChI is InChI=1S/C21H26N4O4S3/c1-5-11(2)10-16-12(3)30-20-17(16)19(27)24-21(25-20)31-13(4)18(26)23-14-6-8-15(9-7-14)32(22,28)29/h6-9,11,13H,5,10H2,1-4H3,(H,23,26)(H2,22,28,29)(H,24,25,27). The number of thioether (sulfide) groups is 1. The van der Waals surface area contributed by atoms with Crippen molar-refractivity contribution >= 4 is 54.9 Å². The molecule has 0 aliphatic carbocycles. The molecule has 4 N–H and O–H groups in total. The number of nitrogens with one attached hydrogen (secondary N) is 2. The van der Waals surface area contributed by atoms with Gasteiger partial charge in [-0.05, 0) is 56.0 Å². The highest BCUT2D eigenvalue weighted by atomic mass is 32.2. The van der Waals surface area contributed by atoms with E-state index in [0.717, 1.165) is 35.0 Å². The summed E-state index contributed by atoms with van der Waals surface area (Å²) in [5.41, 5.74) is 1.31. The van der Waals surface area contributed by atoms with Gasteiger partial charge >= 0.3 is 0 Å². The Morgan fingerprint density at radius 1 is 1.28 bits per heavy atom. The number of aromatic amines is 1. The smallest absolute Gasteiger partial charge is 0.260 e. The molecule has 2 atom stereocenters. The van der Waals surface area contributed by atoms with Crippen LogP contribution in [0.2, 0.25) is 0 Å². The fraction of sp³-hybridized carbons (Fsp3) is 0.381. The Morgan fingerprint density at radius 2 is 1.94 bits per heavy atom. The fourth-order valence-electron chi connectivity index (χ4n) is 3.14. The molecule has 172 valence electrons. The van der Waals surface area contributed by atoms with E-state index in [-0.39, 0.29) is 16.4 Å². The Hall–Kier alpha value is -2.21. The van der Waals surface area contributed by atoms with Crippen LogP contribution in [0.15, 0.2) is 39.1 Å². The third kappa shape index (κ3) is 5.58. The summed E-state index contributed by atoms with van der Waals surface area (Å²) in [7, 11) is -3.79. The summed E-state index contributed by atoms with van der Waals surface area (Å²) in [6.45, 7) is 8.01. The molecule has 0 aliphatic rings. The second-order valence-corrected chi connectivity index (χ2v) is 11.8. The van der Waals surface area contributed by atoms with Crippen molar-refractivity contribution in [3.05, 3.63) is 45.1 Å². The number of anilines is 1. The second kappa shape index (κ2) is 9.74. The molecule has 3 rings (SSSR count). The van der Waals surface area contributed by atoms with E-state index in [1.807, 2.05) is 6.92 Å². The van der Waals surface area contributed by atoms with Crippen LogP contribution in [0, 0.1) is 12.8 Å². The molecule has 2 unspecified atom stereocenters. The Kier molecular flexibility index (Phi) is 7.43. The molecule has 1 amide bonds. The van der Waals surface area contributed by atoms with E-state index in [1.165, 1.54) is 35.6 Å². The van der Waals surface area contributed by atoms with Gasteiger partial charge in [0.25, 0.3) is 5.56 Å². The zero-order chi connectivity index (χ0) is 23.6. The molecular formula is C21H26N4O4S3. The summed E-state index contributed by atoms with van der Waals surface area (Å²) in [6.07, 6.45) is 1.87. The first-order valence-electron chi connectivity index (χ1n) is 10.1. The van der Waals surface area contributed by atoms with E-state index in [4.69, 9.17) is 5.14 Å². The summed E-state index contributed by atoms with van der Waals surface area (Å²) in [5.74, 6) is 0.170. The van der Waals surface area contributed by atoms with Crippen LogP contribution in [0.1, 0.15) is 37.6 Å². The lowest BCUT2D eigenvalue weighted by molar-refractivity contribution is -0.115. The molecular weight excluding hydrogens is 468 g/mol. The third-order valence-electron chi connectivity index (χ3n) is 5.20. The molecule has 8 nitrogen and oxygen atoms in total. The van der Waals surface area contributed by atoms with Crippen molar-refractivity contribution in [2.24, 2.45) is 11.1 Å². The van der Waals surface area contributed by atoms with Crippen LogP contribution in [0.5, 0.6) is 0 Å². The molecule has 0 aliphatic heterocycles. The summed E-state index contributed by atoms with van der Waals surface area (Å²) in [6, 6.07) is 5.58. The molecule has 2 aromatic heterocycles. The molecule has 11 heteroatoms. The number of fused-ring (bicyclic) bond motifs is 1. The van der Waals surface area contributed by atoms with E-state index < -0.39 is 15.3 Å². The molecule has 3 aromatic rings. The molecule has 32 heavy (non-hydrogen) atoms. The Bertz CT molecular complexity index is 1300. The van der Waals surface area contributed by atoms with E-state index in [9.17, 15) is 18.0 Å². The lowest BCUT2D eigenvalue weighted by atomic mass is 9.98. The second-order valence-electron chi connectivity index (χ2n) is 7.72. The number of hydrogen-bond donors (Lipinski definition) is 3. The van der Waals surface area contributed by atoms with Crippen molar-refractivity contribution in [2.45, 2.75) is 55.8 Å². The summed E-state index contributed by atoms with van der Waals surface area (Å²) >= 11 is 2.65. The van der Waals surface area contributed by atoms with Crippen molar-refractivity contribution in [1.82, 2.24) is 9.97 Å². The monoisotopic (exact) mass is 494 g/mol. The van der Waals surface area contributed by atoms with Crippen molar-refractivity contribution in [3.63, 3.8) is 0 Å². The van der Waals surface area contributed by atoms with Gasteiger partial charge in [-0.25, -0.2) is 18.5 Å². The number of aryl methyl sites for hydroxylation is 1. The maximum atomic E-state index is 12.8. The molecule has 0 bridgehead atoms. The molecule has 1 aromatic carbocycles. The molecule has 0 spiro atoms. The van der Waals surface area contributed by atoms with E-state index in [2.05, 4.69) is 29.1 Å². The van der Waals surface area contributed by atoms with Crippen LogP contribution < -0.4 is 16.0 Å². The largest absolute Gasteiger partial charge is 0.325 e. The normalized spacial score (nSPS) is 13.8. The van der Waals surface area contributed by atoms with Crippen LogP contribution in [0.3, 0.4) is 0 Å². The van der Waals surface area contributed by atoms with Crippen molar-refractivity contribution in [3.8, 4) is 0 Å². The van der Waals surface area contributed by atoms with Crippen molar-refractivity contribution in [2.75, 3.05) is 5.32 Å². The molecule has 2 heterocycles. The van der Waals surface area contributed by atoms with Gasteiger partial charge in [-0.3, -0.25) is 9.59 Å². The van der Waals surface area contributed by atoms with Crippen molar-refractivity contribution in [1.29, 1.82) is 0 Å². The van der Waals surface area contributed by atoms with Gasteiger partial charge < -0.3 is 10.3 Å². The zero-order valence-electron chi connectivity index (χ0n) is 18.3. The highest BCUT2D eigenvalue weighted by Gasteiger charge is 2.20. The number of H-pyrrole nitrogens is 1. The van der Waals surface area contributed by atoms with Crippen LogP contribution >= 0.6 is 23.1 Å². The lowest BCUT2D eigenvalue weighted by Crippen LogP contribution is -2.23. The molecule has 0 fully saturated rings. The van der Waals surface area contributed by atoms with E-state index in [0.29, 0.717) is 27.0 Å². The minimum Gasteiger partial charge on any atom is -0.325 e. The quantitative estimate of drug-likeness (QED) is 0.323. The molecule has 0 saturated heterocycles. The first-order valence-corrected chi connectivity index (χ1v) is 13.4. The predicted molar refractivity (Wildman–Crippen MR) is 130 cm³/mol. The predicted octanol–water partition coefficient (Wildman–Crippen LogP) is 3.65. The van der Waals surface area contributed by atoms with Gasteiger partial charge in [0.2, 0.25) is 15.9 Å². The number of primary sulfonamides is 1. The Labute approximate surface area is 195 Å². The van der Waals surface area contributed by atoms with Gasteiger partial charge in [0.05, 0.1) is 15.5 Å². The van der Waals surface area contributed by atoms with Gasteiger partial charge in [0.1, 0.15) is 4.83 Å². The molecule has 0 radical (unpaired) electrons. The number of carbonyl (C=O) groups is 1. The number of thiophene rings is 1. The number of carbonyl (C=O) groups excluding carboxylic acids is 1. The maximum absolute atomic E-state index is 12.8. The summed E-state index contributed by atoms with van der Waals surface area (Å²) < 4.78 is 22.7. The number of nitrogens with zero attached hydrogens (tertiary/aromatic N) is 1. The topological polar surface area (TPSA) is 135 Å². The number of amides is 1. The van der Waals surface area contributed by atoms with Crippen LogP contribution in [0.4, 0.5) is 5.69 Å². The minimum atomic E-state index is -3.79. The highest BCUT2D eigenvalue weighted by molar-refractivity contribution is 8.00. The first kappa shape index (κ1) is 24.4. The average Bonchev–Trinajstić information content (AvgIpc) is 3.02. The maximum Gasteiger partial charge on any atom is 0.260 e. The highest BCUT2D eigenvalue weighted by Crippen LogP contribution is 2.31. The first-order chi connectivity index (χ1) is 15.0. The van der Waals surface area contributed by atoms with Gasteiger partial charge in [-0.1, -0.05) is 32.0 Å². The Morgan fingerprint density at radius 3 is 2.53 bits per heavy atom. The number of hydrogen-bond acceptors (Lipinski definition) is 7. The zero-order valence-corrected chi connectivity index (χ0v) is 20.7. The number of rotatable bonds is 8. The lowest BCUT2D eigenvalue weighted by Gasteiger charge is -2.12. The Balaban J connectivity index is 1.75. The van der Waals surface area contributed by atoms with Crippen LogP contribution in [-0.4, -0.2) is 29.5 Å². The van der Waals surface area contributed by atoms with Gasteiger partial charge in [0, 0.05) is 10.6 Å². The third-order valence-corrected chi connectivity index (χ3v) is 8.15. The molecule has 0 saturated carbocycles. The van der Waals surface area contributed by atoms with E-state index in [1.54, 1.807) is 6.92 Å². The SMILES string of the molecule is CCC(C)Cc1c(C)sc2nc(SC(C)C(=O)Nc3ccc(S(N)(=O)=O)cc3)[nH]c(=O)c12. The minimum absolute atomic E-state index is 0.0352. The van der Waals surface area contributed by atoms with E-state index >= 15 is 0 Å². The van der Waals surface area contributed by atoms with Gasteiger partial charge in [-0.15, -0.1) is 11.3 Å². The number of benzene rings is 1. The van der Waals surface area contributed by atoms with Gasteiger partial charge in [-0.2, -0.15) is 0 Å². The van der Waals surface area contributed by atoms with Gasteiger partial charge in [0.15, 0.2) is 5.16 Å². The number of aromatic nitrogens is 2. The number of nitrogens with two attached hydrogens (primary N) is 1. The summed E-state index contributed by atoms with van der Waals surface area (Å²) in [4.78, 5) is 34.5. The van der Waals surface area contributed by atoms with Crippen LogP contribution in [0.25, 0.3) is 10.2 Å². The average molecular weight is 495 g/mol. The van der Waals surface area contributed by atoms with Crippen molar-refractivity contribution < 1.29 is 13.2 Å². The fourth-order valence-corrected chi connectivity index (χ4v) is 5.57. The summed E-state index contributed by atoms with van der Waals surface area (Å²) in [5, 5.41) is 8.28. The number of sulfonamides is 1.